The first-order valence-corrected chi connectivity index (χ1v) is 5.98. The standard InChI is InChI=1S/C14H10N4/c1-16-7-8-17-10-4-2-3-9-11(10)12(14(16)17)18-6-5-15-13(9)18/h2-8H,1H3. The van der Waals surface area contributed by atoms with Gasteiger partial charge in [-0.1, -0.05) is 12.1 Å². The van der Waals surface area contributed by atoms with Crippen LogP contribution in [0.4, 0.5) is 0 Å². The second-order valence-electron chi connectivity index (χ2n) is 4.77. The topological polar surface area (TPSA) is 26.6 Å². The highest BCUT2D eigenvalue weighted by molar-refractivity contribution is 6.20. The fourth-order valence-corrected chi connectivity index (χ4v) is 3.15. The van der Waals surface area contributed by atoms with Crippen molar-refractivity contribution in [3.05, 3.63) is 43.0 Å². The van der Waals surface area contributed by atoms with Crippen molar-refractivity contribution >= 4 is 33.1 Å². The van der Waals surface area contributed by atoms with Gasteiger partial charge in [-0.2, -0.15) is 0 Å². The second-order valence-corrected chi connectivity index (χ2v) is 4.77. The summed E-state index contributed by atoms with van der Waals surface area (Å²) < 4.78 is 6.60. The summed E-state index contributed by atoms with van der Waals surface area (Å²) in [5, 5.41) is 2.54. The van der Waals surface area contributed by atoms with Crippen LogP contribution in [0.5, 0.6) is 0 Å². The zero-order valence-corrected chi connectivity index (χ0v) is 9.83. The van der Waals surface area contributed by atoms with Gasteiger partial charge < -0.3 is 4.57 Å². The first kappa shape index (κ1) is 8.58. The molecule has 0 amide bonds. The van der Waals surface area contributed by atoms with E-state index in [1.807, 2.05) is 12.4 Å². The van der Waals surface area contributed by atoms with Crippen LogP contribution < -0.4 is 0 Å². The summed E-state index contributed by atoms with van der Waals surface area (Å²) in [6.45, 7) is 0. The molecule has 86 valence electrons. The molecule has 4 heterocycles. The third-order valence-electron chi connectivity index (χ3n) is 3.87. The third-order valence-corrected chi connectivity index (χ3v) is 3.87. The van der Waals surface area contributed by atoms with Crippen LogP contribution in [0.1, 0.15) is 0 Å². The van der Waals surface area contributed by atoms with Crippen molar-refractivity contribution in [3.63, 3.8) is 0 Å². The molecule has 0 aliphatic carbocycles. The highest BCUT2D eigenvalue weighted by atomic mass is 15.1. The molecule has 0 N–H and O–H groups in total. The van der Waals surface area contributed by atoms with Crippen LogP contribution in [0.25, 0.3) is 33.1 Å². The second kappa shape index (κ2) is 2.51. The van der Waals surface area contributed by atoms with E-state index < -0.39 is 0 Å². The Labute approximate surface area is 102 Å². The Morgan fingerprint density at radius 2 is 2.00 bits per heavy atom. The van der Waals surface area contributed by atoms with Crippen LogP contribution >= 0.6 is 0 Å². The van der Waals surface area contributed by atoms with Crippen molar-refractivity contribution in [1.29, 1.82) is 0 Å². The number of fused-ring (bicyclic) bond motifs is 6. The van der Waals surface area contributed by atoms with Crippen molar-refractivity contribution in [2.24, 2.45) is 7.05 Å². The molecule has 0 saturated carbocycles. The molecule has 0 spiro atoms. The molecule has 1 aromatic carbocycles. The van der Waals surface area contributed by atoms with E-state index in [2.05, 4.69) is 56.0 Å². The Balaban J connectivity index is 2.37. The van der Waals surface area contributed by atoms with E-state index >= 15 is 0 Å². The van der Waals surface area contributed by atoms with Gasteiger partial charge >= 0.3 is 0 Å². The Morgan fingerprint density at radius 1 is 1.06 bits per heavy atom. The smallest absolute Gasteiger partial charge is 0.145 e. The van der Waals surface area contributed by atoms with Crippen molar-refractivity contribution in [2.45, 2.75) is 0 Å². The summed E-state index contributed by atoms with van der Waals surface area (Å²) >= 11 is 0. The number of hydrogen-bond acceptors (Lipinski definition) is 1. The minimum absolute atomic E-state index is 1.05. The van der Waals surface area contributed by atoms with E-state index in [1.165, 1.54) is 27.5 Å². The molecule has 0 radical (unpaired) electrons. The van der Waals surface area contributed by atoms with Gasteiger partial charge in [-0.25, -0.2) is 4.98 Å². The van der Waals surface area contributed by atoms with Crippen molar-refractivity contribution in [1.82, 2.24) is 18.4 Å². The van der Waals surface area contributed by atoms with Gasteiger partial charge in [-0.15, -0.1) is 0 Å². The molecule has 5 aromatic rings. The minimum atomic E-state index is 1.05. The lowest BCUT2D eigenvalue weighted by atomic mass is 10.2. The van der Waals surface area contributed by atoms with E-state index in [9.17, 15) is 0 Å². The zero-order valence-electron chi connectivity index (χ0n) is 9.83. The van der Waals surface area contributed by atoms with Crippen LogP contribution in [-0.4, -0.2) is 18.4 Å². The quantitative estimate of drug-likeness (QED) is 0.404. The lowest BCUT2D eigenvalue weighted by Gasteiger charge is -1.94. The summed E-state index contributed by atoms with van der Waals surface area (Å²) in [5.41, 5.74) is 4.77. The Hall–Kier alpha value is -2.49. The molecular weight excluding hydrogens is 224 g/mol. The van der Waals surface area contributed by atoms with Crippen LogP contribution in [0.3, 0.4) is 0 Å². The first-order valence-electron chi connectivity index (χ1n) is 5.98. The molecule has 0 bridgehead atoms. The summed E-state index contributed by atoms with van der Waals surface area (Å²) in [6.07, 6.45) is 8.11. The predicted molar refractivity (Wildman–Crippen MR) is 71.3 cm³/mol. The van der Waals surface area contributed by atoms with Crippen molar-refractivity contribution in [3.8, 4) is 0 Å². The summed E-state index contributed by atoms with van der Waals surface area (Å²) in [6, 6.07) is 6.42. The Bertz CT molecular complexity index is 1030. The fourth-order valence-electron chi connectivity index (χ4n) is 3.15. The Kier molecular flexibility index (Phi) is 1.19. The number of aryl methyl sites for hydroxylation is 1. The van der Waals surface area contributed by atoms with Gasteiger partial charge in [-0.3, -0.25) is 8.80 Å². The number of imidazole rings is 2. The number of nitrogens with zero attached hydrogens (tertiary/aromatic N) is 4. The maximum atomic E-state index is 4.47. The van der Waals surface area contributed by atoms with Crippen molar-refractivity contribution < 1.29 is 0 Å². The molecule has 0 aliphatic heterocycles. The lowest BCUT2D eigenvalue weighted by molar-refractivity contribution is 0.961. The molecule has 5 rings (SSSR count). The van der Waals surface area contributed by atoms with Crippen LogP contribution in [0, 0.1) is 0 Å². The van der Waals surface area contributed by atoms with Gasteiger partial charge in [0.05, 0.1) is 11.0 Å². The highest BCUT2D eigenvalue weighted by Gasteiger charge is 2.19. The number of rotatable bonds is 0. The van der Waals surface area contributed by atoms with Crippen LogP contribution in [0.2, 0.25) is 0 Å². The molecule has 4 aromatic heterocycles. The fraction of sp³-hybridized carbons (Fsp3) is 0.0714. The minimum Gasteiger partial charge on any atom is -0.334 e. The highest BCUT2D eigenvalue weighted by Crippen LogP contribution is 2.36. The largest absolute Gasteiger partial charge is 0.334 e. The monoisotopic (exact) mass is 234 g/mol. The van der Waals surface area contributed by atoms with Gasteiger partial charge in [0.1, 0.15) is 11.3 Å². The first-order chi connectivity index (χ1) is 8.86. The van der Waals surface area contributed by atoms with E-state index in [4.69, 9.17) is 0 Å². The average Bonchev–Trinajstić information content (AvgIpc) is 3.07. The SMILES string of the molecule is Cn1ccn2c3cccc4c3c(c12)n1ccnc41. The Morgan fingerprint density at radius 3 is 2.94 bits per heavy atom. The molecule has 0 aliphatic rings. The molecule has 18 heavy (non-hydrogen) atoms. The maximum absolute atomic E-state index is 4.47. The molecule has 0 saturated heterocycles. The van der Waals surface area contributed by atoms with E-state index in [0.717, 1.165) is 5.65 Å². The average molecular weight is 234 g/mol. The molecule has 0 unspecified atom stereocenters. The van der Waals surface area contributed by atoms with Gasteiger partial charge in [0, 0.05) is 42.6 Å². The van der Waals surface area contributed by atoms with E-state index in [1.54, 1.807) is 0 Å². The molecule has 4 nitrogen and oxygen atoms in total. The van der Waals surface area contributed by atoms with Gasteiger partial charge in [0.2, 0.25) is 0 Å². The summed E-state index contributed by atoms with van der Waals surface area (Å²) in [7, 11) is 2.08. The van der Waals surface area contributed by atoms with Gasteiger partial charge in [-0.05, 0) is 6.07 Å². The number of aromatic nitrogens is 4. The third kappa shape index (κ3) is 0.712. The molecular formula is C14H10N4. The molecule has 4 heteroatoms. The molecule has 0 atom stereocenters. The summed E-state index contributed by atoms with van der Waals surface area (Å²) in [4.78, 5) is 4.47. The number of hydrogen-bond donors (Lipinski definition) is 0. The van der Waals surface area contributed by atoms with Gasteiger partial charge in [0.15, 0.2) is 0 Å². The van der Waals surface area contributed by atoms with Crippen molar-refractivity contribution in [2.75, 3.05) is 0 Å². The normalized spacial score (nSPS) is 12.7. The van der Waals surface area contributed by atoms with E-state index in [0.29, 0.717) is 0 Å². The van der Waals surface area contributed by atoms with Crippen LogP contribution in [0.15, 0.2) is 43.0 Å². The zero-order chi connectivity index (χ0) is 11.9. The summed E-state index contributed by atoms with van der Waals surface area (Å²) in [5.74, 6) is 0. The van der Waals surface area contributed by atoms with Gasteiger partial charge in [0.25, 0.3) is 0 Å². The van der Waals surface area contributed by atoms with Crippen LogP contribution in [-0.2, 0) is 7.05 Å². The lowest BCUT2D eigenvalue weighted by Crippen LogP contribution is -1.87. The number of benzene rings is 1. The maximum Gasteiger partial charge on any atom is 0.145 e. The predicted octanol–water partition coefficient (Wildman–Crippen LogP) is 2.67. The van der Waals surface area contributed by atoms with E-state index in [-0.39, 0.29) is 0 Å². The molecule has 0 fully saturated rings.